The van der Waals surface area contributed by atoms with Crippen LogP contribution in [0.25, 0.3) is 0 Å². The quantitative estimate of drug-likeness (QED) is 0.842. The first-order valence-electron chi connectivity index (χ1n) is 6.06. The van der Waals surface area contributed by atoms with Crippen LogP contribution in [0.2, 0.25) is 0 Å². The van der Waals surface area contributed by atoms with Crippen LogP contribution in [0.4, 0.5) is 0 Å². The molecule has 0 saturated carbocycles. The summed E-state index contributed by atoms with van der Waals surface area (Å²) in [6, 6.07) is 0.583. The number of aryl methyl sites for hydroxylation is 2. The number of nitrogens with zero attached hydrogens (tertiary/aromatic N) is 1. The van der Waals surface area contributed by atoms with Gasteiger partial charge in [0.05, 0.1) is 10.7 Å². The second-order valence-electron chi connectivity index (χ2n) is 4.61. The lowest BCUT2D eigenvalue weighted by atomic mass is 10.00. The Bertz CT molecular complexity index is 416. The summed E-state index contributed by atoms with van der Waals surface area (Å²) in [5.41, 5.74) is 0.835. The van der Waals surface area contributed by atoms with E-state index in [1.807, 2.05) is 13.8 Å². The standard InChI is InChI=1S/C12H19N3OS/c1-7-10(5-4-6-13-7)15-12(16)11-8(2)14-9(3)17-11/h7,10,13H,4-6H2,1-3H3,(H,15,16). The number of hydrogen-bond acceptors (Lipinski definition) is 4. The van der Waals surface area contributed by atoms with E-state index in [-0.39, 0.29) is 11.9 Å². The molecule has 1 aliphatic heterocycles. The first-order valence-corrected chi connectivity index (χ1v) is 6.88. The zero-order chi connectivity index (χ0) is 12.4. The molecule has 0 bridgehead atoms. The van der Waals surface area contributed by atoms with Crippen molar-refractivity contribution in [3.8, 4) is 0 Å². The van der Waals surface area contributed by atoms with Crippen LogP contribution in [-0.4, -0.2) is 29.5 Å². The van der Waals surface area contributed by atoms with E-state index in [9.17, 15) is 4.79 Å². The van der Waals surface area contributed by atoms with Gasteiger partial charge in [-0.15, -0.1) is 11.3 Å². The summed E-state index contributed by atoms with van der Waals surface area (Å²) in [4.78, 5) is 17.2. The van der Waals surface area contributed by atoms with Gasteiger partial charge >= 0.3 is 0 Å². The van der Waals surface area contributed by atoms with Crippen molar-refractivity contribution in [2.24, 2.45) is 0 Å². The van der Waals surface area contributed by atoms with Crippen molar-refractivity contribution in [3.63, 3.8) is 0 Å². The Morgan fingerprint density at radius 2 is 2.29 bits per heavy atom. The maximum absolute atomic E-state index is 12.1. The lowest BCUT2D eigenvalue weighted by Gasteiger charge is -2.30. The highest BCUT2D eigenvalue weighted by Crippen LogP contribution is 2.18. The molecule has 4 nitrogen and oxygen atoms in total. The van der Waals surface area contributed by atoms with Crippen LogP contribution in [0.15, 0.2) is 0 Å². The Hall–Kier alpha value is -0.940. The van der Waals surface area contributed by atoms with Crippen molar-refractivity contribution >= 4 is 17.2 Å². The summed E-state index contributed by atoms with van der Waals surface area (Å²) in [5, 5.41) is 7.44. The third-order valence-electron chi connectivity index (χ3n) is 3.19. The Labute approximate surface area is 106 Å². The highest BCUT2D eigenvalue weighted by molar-refractivity contribution is 7.13. The number of carbonyl (C=O) groups excluding carboxylic acids is 1. The van der Waals surface area contributed by atoms with Crippen LogP contribution in [0.3, 0.4) is 0 Å². The van der Waals surface area contributed by atoms with E-state index < -0.39 is 0 Å². The van der Waals surface area contributed by atoms with Gasteiger partial charge in [-0.1, -0.05) is 0 Å². The van der Waals surface area contributed by atoms with Gasteiger partial charge < -0.3 is 10.6 Å². The van der Waals surface area contributed by atoms with Gasteiger partial charge in [0.25, 0.3) is 5.91 Å². The van der Waals surface area contributed by atoms with E-state index in [0.717, 1.165) is 35.0 Å². The zero-order valence-corrected chi connectivity index (χ0v) is 11.4. The number of thiazole rings is 1. The van der Waals surface area contributed by atoms with Crippen molar-refractivity contribution in [1.29, 1.82) is 0 Å². The molecule has 5 heteroatoms. The molecule has 2 unspecified atom stereocenters. The normalized spacial score (nSPS) is 24.6. The minimum absolute atomic E-state index is 0.0219. The van der Waals surface area contributed by atoms with E-state index in [2.05, 4.69) is 22.5 Å². The molecule has 0 radical (unpaired) electrons. The van der Waals surface area contributed by atoms with E-state index in [0.29, 0.717) is 6.04 Å². The van der Waals surface area contributed by atoms with Crippen molar-refractivity contribution in [3.05, 3.63) is 15.6 Å². The molecule has 1 aromatic rings. The second-order valence-corrected chi connectivity index (χ2v) is 5.82. The molecule has 1 amide bonds. The minimum atomic E-state index is 0.0219. The molecule has 1 saturated heterocycles. The lowest BCUT2D eigenvalue weighted by molar-refractivity contribution is 0.0923. The Morgan fingerprint density at radius 3 is 2.88 bits per heavy atom. The van der Waals surface area contributed by atoms with Gasteiger partial charge in [0, 0.05) is 12.1 Å². The first kappa shape index (κ1) is 12.5. The van der Waals surface area contributed by atoms with Crippen molar-refractivity contribution < 1.29 is 4.79 Å². The third kappa shape index (κ3) is 2.84. The number of nitrogens with one attached hydrogen (secondary N) is 2. The highest BCUT2D eigenvalue weighted by atomic mass is 32.1. The van der Waals surface area contributed by atoms with Crippen LogP contribution >= 0.6 is 11.3 Å². The van der Waals surface area contributed by atoms with Gasteiger partial charge in [-0.2, -0.15) is 0 Å². The molecule has 17 heavy (non-hydrogen) atoms. The molecule has 2 N–H and O–H groups in total. The number of amides is 1. The number of hydrogen-bond donors (Lipinski definition) is 2. The van der Waals surface area contributed by atoms with Gasteiger partial charge in [-0.05, 0) is 40.2 Å². The topological polar surface area (TPSA) is 54.0 Å². The summed E-state index contributed by atoms with van der Waals surface area (Å²) in [5.74, 6) is 0.0219. The van der Waals surface area contributed by atoms with E-state index in [1.165, 1.54) is 11.3 Å². The molecule has 2 heterocycles. The summed E-state index contributed by atoms with van der Waals surface area (Å²) in [6.07, 6.45) is 2.17. The van der Waals surface area contributed by atoms with Crippen molar-refractivity contribution in [2.45, 2.75) is 45.7 Å². The summed E-state index contributed by atoms with van der Waals surface area (Å²) in [7, 11) is 0. The predicted molar refractivity (Wildman–Crippen MR) is 69.5 cm³/mol. The van der Waals surface area contributed by atoms with Crippen molar-refractivity contribution in [2.75, 3.05) is 6.54 Å². The summed E-state index contributed by atoms with van der Waals surface area (Å²) < 4.78 is 0. The maximum atomic E-state index is 12.1. The Balaban J connectivity index is 2.03. The third-order valence-corrected chi connectivity index (χ3v) is 4.26. The SMILES string of the molecule is Cc1nc(C)c(C(=O)NC2CCCNC2C)s1. The molecule has 2 rings (SSSR count). The molecule has 0 spiro atoms. The average molecular weight is 253 g/mol. The molecular weight excluding hydrogens is 234 g/mol. The van der Waals surface area contributed by atoms with Crippen LogP contribution in [0.1, 0.15) is 40.1 Å². The second kappa shape index (κ2) is 5.14. The van der Waals surface area contributed by atoms with Gasteiger partial charge in [0.1, 0.15) is 4.88 Å². The predicted octanol–water partition coefficient (Wildman–Crippen LogP) is 1.63. The van der Waals surface area contributed by atoms with E-state index in [1.54, 1.807) is 0 Å². The maximum Gasteiger partial charge on any atom is 0.263 e. The van der Waals surface area contributed by atoms with Gasteiger partial charge in [-0.25, -0.2) is 4.98 Å². The van der Waals surface area contributed by atoms with Crippen LogP contribution in [0, 0.1) is 13.8 Å². The molecule has 2 atom stereocenters. The van der Waals surface area contributed by atoms with Gasteiger partial charge in [-0.3, -0.25) is 4.79 Å². The zero-order valence-electron chi connectivity index (χ0n) is 10.5. The van der Waals surface area contributed by atoms with Crippen molar-refractivity contribution in [1.82, 2.24) is 15.6 Å². The number of aromatic nitrogens is 1. The fraction of sp³-hybridized carbons (Fsp3) is 0.667. The largest absolute Gasteiger partial charge is 0.347 e. The molecule has 0 aromatic carbocycles. The van der Waals surface area contributed by atoms with Gasteiger partial charge in [0.2, 0.25) is 0 Å². The Morgan fingerprint density at radius 1 is 1.53 bits per heavy atom. The molecule has 1 fully saturated rings. The highest BCUT2D eigenvalue weighted by Gasteiger charge is 2.24. The smallest absolute Gasteiger partial charge is 0.263 e. The molecule has 1 aromatic heterocycles. The lowest BCUT2D eigenvalue weighted by Crippen LogP contribution is -2.51. The van der Waals surface area contributed by atoms with E-state index >= 15 is 0 Å². The summed E-state index contributed by atoms with van der Waals surface area (Å²) in [6.45, 7) is 6.99. The minimum Gasteiger partial charge on any atom is -0.347 e. The fourth-order valence-corrected chi connectivity index (χ4v) is 3.04. The monoisotopic (exact) mass is 253 g/mol. The number of carbonyl (C=O) groups is 1. The Kier molecular flexibility index (Phi) is 3.79. The average Bonchev–Trinajstić information content (AvgIpc) is 2.61. The van der Waals surface area contributed by atoms with Crippen LogP contribution in [-0.2, 0) is 0 Å². The van der Waals surface area contributed by atoms with Gasteiger partial charge in [0.15, 0.2) is 0 Å². The molecule has 0 aliphatic carbocycles. The van der Waals surface area contributed by atoms with E-state index in [4.69, 9.17) is 0 Å². The molecule has 94 valence electrons. The molecular formula is C12H19N3OS. The number of piperidine rings is 1. The number of rotatable bonds is 2. The van der Waals surface area contributed by atoms with Crippen LogP contribution < -0.4 is 10.6 Å². The first-order chi connectivity index (χ1) is 8.08. The molecule has 1 aliphatic rings. The summed E-state index contributed by atoms with van der Waals surface area (Å²) >= 11 is 1.47. The fourth-order valence-electron chi connectivity index (χ4n) is 2.22. The van der Waals surface area contributed by atoms with Crippen LogP contribution in [0.5, 0.6) is 0 Å².